The zero-order valence-electron chi connectivity index (χ0n) is 19.4. The number of fused-ring (bicyclic) bond motifs is 3. The first-order valence-electron chi connectivity index (χ1n) is 11.7. The van der Waals surface area contributed by atoms with Crippen LogP contribution in [0, 0.1) is 11.3 Å². The van der Waals surface area contributed by atoms with Crippen LogP contribution in [0.2, 0.25) is 0 Å². The third-order valence-corrected chi connectivity index (χ3v) is 8.27. The second-order valence-corrected chi connectivity index (χ2v) is 10.3. The Morgan fingerprint density at radius 3 is 2.88 bits per heavy atom. The monoisotopic (exact) mass is 475 g/mol. The van der Waals surface area contributed by atoms with E-state index >= 15 is 0 Å². The fourth-order valence-corrected chi connectivity index (χ4v) is 6.64. The number of likely N-dealkylation sites (tertiary alicyclic amines) is 2. The predicted octanol–water partition coefficient (Wildman–Crippen LogP) is 2.43. The molecular weight excluding hydrogens is 442 g/mol. The van der Waals surface area contributed by atoms with Crippen molar-refractivity contribution in [2.45, 2.75) is 51.7 Å². The van der Waals surface area contributed by atoms with Crippen LogP contribution in [0.1, 0.15) is 33.1 Å². The van der Waals surface area contributed by atoms with Crippen molar-refractivity contribution in [1.82, 2.24) is 19.8 Å². The second-order valence-electron chi connectivity index (χ2n) is 9.30. The maximum Gasteiger partial charge on any atom is 0.214 e. The van der Waals surface area contributed by atoms with E-state index in [2.05, 4.69) is 31.2 Å². The zero-order chi connectivity index (χ0) is 23.2. The summed E-state index contributed by atoms with van der Waals surface area (Å²) in [4.78, 5) is 14.1. The molecule has 0 saturated carbocycles. The van der Waals surface area contributed by atoms with E-state index in [-0.39, 0.29) is 17.4 Å². The van der Waals surface area contributed by atoms with Gasteiger partial charge in [-0.25, -0.2) is 9.97 Å². The van der Waals surface area contributed by atoms with Crippen LogP contribution in [-0.2, 0) is 4.74 Å². The molecule has 5 rings (SSSR count). The molecule has 5 unspecified atom stereocenters. The van der Waals surface area contributed by atoms with Crippen LogP contribution in [0.3, 0.4) is 0 Å². The molecule has 2 aromatic heterocycles. The summed E-state index contributed by atoms with van der Waals surface area (Å²) in [6.45, 7) is 6.95. The molecule has 10 heteroatoms. The Labute approximate surface area is 198 Å². The first kappa shape index (κ1) is 22.8. The van der Waals surface area contributed by atoms with E-state index in [4.69, 9.17) is 9.47 Å². The molecule has 2 saturated heterocycles. The summed E-state index contributed by atoms with van der Waals surface area (Å²) in [6, 6.07) is 3.87. The highest BCUT2D eigenvalue weighted by Crippen LogP contribution is 2.52. The Bertz CT molecular complexity index is 1030. The van der Waals surface area contributed by atoms with Crippen LogP contribution in [0.15, 0.2) is 24.0 Å². The van der Waals surface area contributed by atoms with Crippen LogP contribution in [0.25, 0.3) is 10.3 Å². The molecule has 5 atom stereocenters. The van der Waals surface area contributed by atoms with Gasteiger partial charge in [-0.2, -0.15) is 0 Å². The van der Waals surface area contributed by atoms with Gasteiger partial charge in [0.15, 0.2) is 11.5 Å². The SMILES string of the molecule is CCOC1=CC2C(CC1)N(C(O)Nc1nc3ccc(OC)nc3s1)CC21CCN(C(C)O)C1. The first-order chi connectivity index (χ1) is 15.9. The molecule has 3 aliphatic rings. The maximum atomic E-state index is 11.3. The molecule has 2 aromatic rings. The van der Waals surface area contributed by atoms with Gasteiger partial charge in [0.1, 0.15) is 16.6 Å². The van der Waals surface area contributed by atoms with Crippen molar-refractivity contribution in [2.24, 2.45) is 11.3 Å². The fourth-order valence-electron chi connectivity index (χ4n) is 5.80. The number of nitrogens with zero attached hydrogens (tertiary/aromatic N) is 4. The molecule has 0 bridgehead atoms. The van der Waals surface area contributed by atoms with Crippen molar-refractivity contribution < 1.29 is 19.7 Å². The summed E-state index contributed by atoms with van der Waals surface area (Å²) < 4.78 is 11.1. The number of rotatable bonds is 7. The van der Waals surface area contributed by atoms with Gasteiger partial charge in [-0.15, -0.1) is 0 Å². The highest BCUT2D eigenvalue weighted by molar-refractivity contribution is 7.21. The number of ether oxygens (including phenoxy) is 2. The number of aromatic nitrogens is 2. The molecule has 4 heterocycles. The highest BCUT2D eigenvalue weighted by Gasteiger charge is 2.57. The van der Waals surface area contributed by atoms with E-state index in [1.54, 1.807) is 13.2 Å². The van der Waals surface area contributed by atoms with Gasteiger partial charge in [-0.1, -0.05) is 11.3 Å². The Morgan fingerprint density at radius 2 is 2.15 bits per heavy atom. The molecule has 3 N–H and O–H groups in total. The summed E-state index contributed by atoms with van der Waals surface area (Å²) in [5.41, 5.74) is 0.756. The number of aliphatic hydroxyl groups excluding tert-OH is 2. The van der Waals surface area contributed by atoms with Crippen molar-refractivity contribution >= 4 is 26.8 Å². The van der Waals surface area contributed by atoms with E-state index < -0.39 is 12.6 Å². The molecule has 0 amide bonds. The Balaban J connectivity index is 1.39. The summed E-state index contributed by atoms with van der Waals surface area (Å²) in [5, 5.41) is 25.3. The molecule has 9 nitrogen and oxygen atoms in total. The molecule has 0 aromatic carbocycles. The lowest BCUT2D eigenvalue weighted by Gasteiger charge is -2.35. The third kappa shape index (κ3) is 4.19. The molecule has 1 spiro atoms. The number of methoxy groups -OCH3 is 1. The largest absolute Gasteiger partial charge is 0.499 e. The topological polar surface area (TPSA) is 103 Å². The standard InChI is InChI=1S/C23H33N5O4S/c1-4-32-15-5-7-18-16(11-15)23(9-10-27(12-23)14(2)29)13-28(18)22(30)26-21-24-17-6-8-19(31-3)25-20(17)33-21/h6,8,11,14,16,18,22,29-30H,4-5,7,9-10,12-13H2,1-3H3,(H,24,26). The minimum atomic E-state index is -0.859. The van der Waals surface area contributed by atoms with Crippen molar-refractivity contribution in [3.8, 4) is 5.88 Å². The smallest absolute Gasteiger partial charge is 0.214 e. The van der Waals surface area contributed by atoms with Crippen LogP contribution >= 0.6 is 11.3 Å². The van der Waals surface area contributed by atoms with Crippen LogP contribution < -0.4 is 10.1 Å². The van der Waals surface area contributed by atoms with Gasteiger partial charge in [0, 0.05) is 49.5 Å². The number of thiazole rings is 1. The van der Waals surface area contributed by atoms with Crippen molar-refractivity contribution in [3.05, 3.63) is 24.0 Å². The van der Waals surface area contributed by atoms with E-state index in [1.165, 1.54) is 11.3 Å². The minimum absolute atomic E-state index is 0.0183. The van der Waals surface area contributed by atoms with Crippen molar-refractivity contribution in [3.63, 3.8) is 0 Å². The third-order valence-electron chi connectivity index (χ3n) is 7.38. The average Bonchev–Trinajstić information content (AvgIpc) is 3.49. The van der Waals surface area contributed by atoms with Crippen LogP contribution in [-0.4, -0.2) is 82.0 Å². The van der Waals surface area contributed by atoms with E-state index in [9.17, 15) is 10.2 Å². The number of hydrogen-bond acceptors (Lipinski definition) is 10. The van der Waals surface area contributed by atoms with E-state index in [0.29, 0.717) is 17.6 Å². The van der Waals surface area contributed by atoms with Gasteiger partial charge in [0.05, 0.1) is 19.5 Å². The number of anilines is 1. The number of allylic oxidation sites excluding steroid dienone is 1. The van der Waals surface area contributed by atoms with Gasteiger partial charge >= 0.3 is 0 Å². The fraction of sp³-hybridized carbons (Fsp3) is 0.652. The molecule has 180 valence electrons. The highest BCUT2D eigenvalue weighted by atomic mass is 32.1. The Morgan fingerprint density at radius 1 is 1.30 bits per heavy atom. The molecule has 2 aliphatic heterocycles. The van der Waals surface area contributed by atoms with Gasteiger partial charge in [-0.3, -0.25) is 9.80 Å². The summed E-state index contributed by atoms with van der Waals surface area (Å²) in [7, 11) is 1.59. The van der Waals surface area contributed by atoms with Gasteiger partial charge < -0.3 is 25.0 Å². The number of hydrogen-bond donors (Lipinski definition) is 3. The number of nitrogens with one attached hydrogen (secondary N) is 1. The average molecular weight is 476 g/mol. The molecule has 0 radical (unpaired) electrons. The minimum Gasteiger partial charge on any atom is -0.499 e. The summed E-state index contributed by atoms with van der Waals surface area (Å²) in [6.07, 6.45) is 3.77. The van der Waals surface area contributed by atoms with Crippen LogP contribution in [0.4, 0.5) is 5.13 Å². The Kier molecular flexibility index (Phi) is 6.21. The van der Waals surface area contributed by atoms with Gasteiger partial charge in [0.25, 0.3) is 0 Å². The molecule has 1 aliphatic carbocycles. The quantitative estimate of drug-likeness (QED) is 0.521. The van der Waals surface area contributed by atoms with Gasteiger partial charge in [-0.05, 0) is 38.8 Å². The van der Waals surface area contributed by atoms with Crippen LogP contribution in [0.5, 0.6) is 5.88 Å². The van der Waals surface area contributed by atoms with Crippen molar-refractivity contribution in [2.75, 3.05) is 38.7 Å². The molecule has 33 heavy (non-hydrogen) atoms. The second kappa shape index (κ2) is 8.99. The number of aliphatic hydroxyl groups is 2. The molecular formula is C23H33N5O4S. The van der Waals surface area contributed by atoms with Gasteiger partial charge in [0.2, 0.25) is 5.88 Å². The first-order valence-corrected chi connectivity index (χ1v) is 12.5. The number of pyridine rings is 1. The predicted molar refractivity (Wildman–Crippen MR) is 127 cm³/mol. The summed E-state index contributed by atoms with van der Waals surface area (Å²) in [5.74, 6) is 1.88. The Hall–Kier alpha value is -1.98. The normalized spacial score (nSPS) is 29.8. The van der Waals surface area contributed by atoms with Crippen molar-refractivity contribution in [1.29, 1.82) is 0 Å². The molecule has 2 fully saturated rings. The maximum absolute atomic E-state index is 11.3. The lowest BCUT2D eigenvalue weighted by molar-refractivity contribution is 0.00396. The van der Waals surface area contributed by atoms with E-state index in [1.807, 2.05) is 19.9 Å². The van der Waals surface area contributed by atoms with E-state index in [0.717, 1.165) is 55.0 Å². The lowest BCUT2D eigenvalue weighted by Crippen LogP contribution is -2.45. The zero-order valence-corrected chi connectivity index (χ0v) is 20.2. The summed E-state index contributed by atoms with van der Waals surface area (Å²) >= 11 is 1.41. The lowest BCUT2D eigenvalue weighted by atomic mass is 9.72.